The van der Waals surface area contributed by atoms with E-state index in [9.17, 15) is 23.2 Å². The van der Waals surface area contributed by atoms with Gasteiger partial charge in [0.05, 0.1) is 17.8 Å². The predicted molar refractivity (Wildman–Crippen MR) is 218 cm³/mol. The number of benzene rings is 1. The zero-order valence-electron chi connectivity index (χ0n) is 35.2. The Kier molecular flexibility index (Phi) is 15.4. The van der Waals surface area contributed by atoms with E-state index in [-0.39, 0.29) is 55.8 Å². The molecule has 2 aromatic rings. The van der Waals surface area contributed by atoms with Crippen LogP contribution in [-0.4, -0.2) is 82.2 Å². The number of carbonyl (C=O) groups is 3. The van der Waals surface area contributed by atoms with Gasteiger partial charge in [0, 0.05) is 50.6 Å². The molecule has 2 aliphatic carbocycles. The molecular weight excluding hydrogens is 729 g/mol. The molecule has 5 rings (SSSR count). The SMILES string of the molecule is CC(C)(C)OC(=O)NCCCCN(C[C@@H]1CC(CC[C@H](NC(=O)C2CCC(F)(F)CC2)c2ccccc2)CCN1C(=O)OC(C)(C)C)[C@H]1CCCc2cccnc21. The van der Waals surface area contributed by atoms with Gasteiger partial charge in [-0.15, -0.1) is 0 Å². The van der Waals surface area contributed by atoms with Crippen LogP contribution in [0.2, 0.25) is 0 Å². The number of amides is 3. The van der Waals surface area contributed by atoms with Crippen molar-refractivity contribution in [3.63, 3.8) is 0 Å². The van der Waals surface area contributed by atoms with E-state index in [0.717, 1.165) is 69.2 Å². The minimum atomic E-state index is -2.69. The smallest absolute Gasteiger partial charge is 0.410 e. The molecule has 0 bridgehead atoms. The number of alkyl carbamates (subject to hydrolysis) is 1. The van der Waals surface area contributed by atoms with Gasteiger partial charge in [-0.1, -0.05) is 36.4 Å². The quantitative estimate of drug-likeness (QED) is 0.183. The van der Waals surface area contributed by atoms with E-state index in [2.05, 4.69) is 21.6 Å². The molecule has 2 heterocycles. The predicted octanol–water partition coefficient (Wildman–Crippen LogP) is 9.54. The highest BCUT2D eigenvalue weighted by atomic mass is 19.3. The molecular formula is C45H67F2N5O5. The highest BCUT2D eigenvalue weighted by molar-refractivity contribution is 5.79. The Morgan fingerprint density at radius 3 is 2.37 bits per heavy atom. The Balaban J connectivity index is 1.31. The molecule has 1 unspecified atom stereocenters. The first-order chi connectivity index (χ1) is 27.0. The molecule has 0 radical (unpaired) electrons. The number of nitrogens with one attached hydrogen (secondary N) is 2. The number of unbranched alkanes of at least 4 members (excludes halogenated alkanes) is 1. The number of aromatic nitrogens is 1. The Hall–Kier alpha value is -3.80. The van der Waals surface area contributed by atoms with Crippen LogP contribution < -0.4 is 10.6 Å². The van der Waals surface area contributed by atoms with Gasteiger partial charge in [0.2, 0.25) is 11.8 Å². The lowest BCUT2D eigenvalue weighted by atomic mass is 9.84. The number of carbonyl (C=O) groups excluding carboxylic acids is 3. The summed E-state index contributed by atoms with van der Waals surface area (Å²) in [5, 5.41) is 6.14. The van der Waals surface area contributed by atoms with E-state index in [0.29, 0.717) is 32.0 Å². The van der Waals surface area contributed by atoms with Gasteiger partial charge < -0.3 is 25.0 Å². The van der Waals surface area contributed by atoms with E-state index < -0.39 is 29.1 Å². The highest BCUT2D eigenvalue weighted by Gasteiger charge is 2.40. The molecule has 1 saturated carbocycles. The molecule has 1 saturated heterocycles. The molecule has 4 atom stereocenters. The van der Waals surface area contributed by atoms with Crippen LogP contribution in [0.5, 0.6) is 0 Å². The fraction of sp³-hybridized carbons (Fsp3) is 0.689. The third-order valence-corrected chi connectivity index (χ3v) is 11.5. The fourth-order valence-corrected chi connectivity index (χ4v) is 8.66. The van der Waals surface area contributed by atoms with Crippen molar-refractivity contribution in [2.45, 2.75) is 160 Å². The number of rotatable bonds is 14. The fourth-order valence-electron chi connectivity index (χ4n) is 8.66. The van der Waals surface area contributed by atoms with Crippen LogP contribution >= 0.6 is 0 Å². The summed E-state index contributed by atoms with van der Waals surface area (Å²) < 4.78 is 39.2. The lowest BCUT2D eigenvalue weighted by Gasteiger charge is -2.44. The summed E-state index contributed by atoms with van der Waals surface area (Å²) in [7, 11) is 0. The average Bonchev–Trinajstić information content (AvgIpc) is 3.14. The largest absolute Gasteiger partial charge is 0.444 e. The molecule has 2 fully saturated rings. The van der Waals surface area contributed by atoms with Crippen LogP contribution in [0.25, 0.3) is 0 Å². The molecule has 3 amide bonds. The molecule has 1 aliphatic heterocycles. The zero-order chi connectivity index (χ0) is 41.2. The number of piperidine rings is 1. The van der Waals surface area contributed by atoms with Crippen molar-refractivity contribution in [2.24, 2.45) is 11.8 Å². The molecule has 10 nitrogen and oxygen atoms in total. The Morgan fingerprint density at radius 2 is 1.67 bits per heavy atom. The summed E-state index contributed by atoms with van der Waals surface area (Å²) >= 11 is 0. The molecule has 12 heteroatoms. The number of nitrogens with zero attached hydrogens (tertiary/aromatic N) is 3. The summed E-state index contributed by atoms with van der Waals surface area (Å²) in [6.45, 7) is 13.7. The minimum Gasteiger partial charge on any atom is -0.444 e. The maximum absolute atomic E-state index is 13.9. The number of pyridine rings is 1. The van der Waals surface area contributed by atoms with Crippen molar-refractivity contribution >= 4 is 18.1 Å². The van der Waals surface area contributed by atoms with Crippen LogP contribution in [0.1, 0.15) is 147 Å². The van der Waals surface area contributed by atoms with Gasteiger partial charge in [-0.3, -0.25) is 14.7 Å². The number of ether oxygens (including phenoxy) is 2. The molecule has 1 aromatic heterocycles. The van der Waals surface area contributed by atoms with Crippen molar-refractivity contribution in [3.8, 4) is 0 Å². The van der Waals surface area contributed by atoms with Crippen LogP contribution in [0, 0.1) is 11.8 Å². The van der Waals surface area contributed by atoms with Crippen LogP contribution in [0.15, 0.2) is 48.7 Å². The summed E-state index contributed by atoms with van der Waals surface area (Å²) in [6, 6.07) is 13.8. The summed E-state index contributed by atoms with van der Waals surface area (Å²) in [5.41, 5.74) is 2.18. The summed E-state index contributed by atoms with van der Waals surface area (Å²) in [5.74, 6) is -2.95. The second kappa shape index (κ2) is 19.8. The van der Waals surface area contributed by atoms with Crippen molar-refractivity contribution < 1.29 is 32.6 Å². The van der Waals surface area contributed by atoms with E-state index >= 15 is 0 Å². The van der Waals surface area contributed by atoms with Gasteiger partial charge in [0.1, 0.15) is 11.2 Å². The van der Waals surface area contributed by atoms with E-state index in [1.807, 2.05) is 89.0 Å². The number of halogens is 2. The summed E-state index contributed by atoms with van der Waals surface area (Å²) in [6.07, 6.45) is 8.82. The van der Waals surface area contributed by atoms with E-state index in [4.69, 9.17) is 14.5 Å². The first kappa shape index (κ1) is 44.3. The van der Waals surface area contributed by atoms with Gasteiger partial charge in [-0.2, -0.15) is 0 Å². The first-order valence-corrected chi connectivity index (χ1v) is 21.3. The van der Waals surface area contributed by atoms with Crippen molar-refractivity contribution in [3.05, 3.63) is 65.5 Å². The third-order valence-electron chi connectivity index (χ3n) is 11.5. The van der Waals surface area contributed by atoms with Gasteiger partial charge in [0.15, 0.2) is 0 Å². The second-order valence-corrected chi connectivity index (χ2v) is 18.5. The van der Waals surface area contributed by atoms with Gasteiger partial charge in [-0.05, 0) is 142 Å². The van der Waals surface area contributed by atoms with Gasteiger partial charge >= 0.3 is 12.2 Å². The number of alkyl halides is 2. The minimum absolute atomic E-state index is 0.104. The van der Waals surface area contributed by atoms with Crippen molar-refractivity contribution in [1.29, 1.82) is 0 Å². The van der Waals surface area contributed by atoms with Crippen LogP contribution in [-0.2, 0) is 20.7 Å². The topological polar surface area (TPSA) is 113 Å². The standard InChI is InChI=1S/C45H67F2N5O5/c1-43(2,3)56-41(54)49-26-10-11-28-51(38-18-12-16-34-17-13-27-48-39(34)38)31-36-30-32(23-29-52(36)42(55)57-44(4,5)6)19-20-37(33-14-8-7-9-15-33)50-40(53)35-21-24-45(46,47)25-22-35/h7-9,13-15,17,27,32,35-38H,10-12,16,18-26,28-31H2,1-6H3,(H,49,54)(H,50,53)/t32?,36-,37-,38-/m0/s1. The Bertz CT molecular complexity index is 1600. The molecule has 3 aliphatic rings. The molecule has 316 valence electrons. The number of aryl methyl sites for hydroxylation is 1. The monoisotopic (exact) mass is 796 g/mol. The lowest BCUT2D eigenvalue weighted by Crippen LogP contribution is -2.53. The number of fused-ring (bicyclic) bond motifs is 1. The maximum Gasteiger partial charge on any atom is 0.410 e. The maximum atomic E-state index is 13.9. The second-order valence-electron chi connectivity index (χ2n) is 18.5. The Morgan fingerprint density at radius 1 is 0.947 bits per heavy atom. The molecule has 2 N–H and O–H groups in total. The van der Waals surface area contributed by atoms with Crippen molar-refractivity contribution in [2.75, 3.05) is 26.2 Å². The number of likely N-dealkylation sites (tertiary alicyclic amines) is 1. The van der Waals surface area contributed by atoms with Crippen LogP contribution in [0.4, 0.5) is 18.4 Å². The summed E-state index contributed by atoms with van der Waals surface area (Å²) in [4.78, 5) is 48.9. The normalized spacial score (nSPS) is 22.0. The molecule has 0 spiro atoms. The zero-order valence-corrected chi connectivity index (χ0v) is 35.2. The first-order valence-electron chi connectivity index (χ1n) is 21.3. The molecule has 1 aromatic carbocycles. The highest BCUT2D eigenvalue weighted by Crippen LogP contribution is 2.38. The third kappa shape index (κ3) is 13.9. The van der Waals surface area contributed by atoms with Gasteiger partial charge in [0.25, 0.3) is 0 Å². The van der Waals surface area contributed by atoms with Gasteiger partial charge in [-0.25, -0.2) is 18.4 Å². The van der Waals surface area contributed by atoms with E-state index in [1.54, 1.807) is 0 Å². The average molecular weight is 796 g/mol. The Labute approximate surface area is 339 Å². The number of hydrogen-bond donors (Lipinski definition) is 2. The van der Waals surface area contributed by atoms with Crippen molar-refractivity contribution in [1.82, 2.24) is 25.4 Å². The lowest BCUT2D eigenvalue weighted by molar-refractivity contribution is -0.130. The van der Waals surface area contributed by atoms with E-state index in [1.165, 1.54) is 5.56 Å². The number of hydrogen-bond acceptors (Lipinski definition) is 7. The molecule has 57 heavy (non-hydrogen) atoms. The van der Waals surface area contributed by atoms with Crippen LogP contribution in [0.3, 0.4) is 0 Å².